The number of benzene rings is 2. The van der Waals surface area contributed by atoms with E-state index >= 15 is 0 Å². The van der Waals surface area contributed by atoms with Crippen LogP contribution in [-0.4, -0.2) is 17.0 Å². The Bertz CT molecular complexity index is 731. The topological polar surface area (TPSA) is 66.4 Å². The third-order valence-corrected chi connectivity index (χ3v) is 3.14. The zero-order valence-corrected chi connectivity index (χ0v) is 11.7. The second-order valence-electron chi connectivity index (χ2n) is 4.41. The fourth-order valence-corrected chi connectivity index (χ4v) is 2.01. The molecule has 0 saturated carbocycles. The monoisotopic (exact) mass is 307 g/mol. The van der Waals surface area contributed by atoms with Crippen molar-refractivity contribution in [3.05, 3.63) is 63.9 Å². The largest absolute Gasteiger partial charge is 0.478 e. The van der Waals surface area contributed by atoms with Crippen LogP contribution in [0.15, 0.2) is 36.4 Å². The van der Waals surface area contributed by atoms with Gasteiger partial charge in [-0.15, -0.1) is 0 Å². The molecule has 0 bridgehead atoms. The fourth-order valence-electron chi connectivity index (χ4n) is 1.83. The molecule has 2 rings (SSSR count). The Hall–Kier alpha value is -2.40. The van der Waals surface area contributed by atoms with Crippen LogP contribution in [-0.2, 0) is 0 Å². The zero-order chi connectivity index (χ0) is 15.6. The highest BCUT2D eigenvalue weighted by molar-refractivity contribution is 6.31. The summed E-state index contributed by atoms with van der Waals surface area (Å²) in [5, 5.41) is 11.8. The van der Waals surface area contributed by atoms with E-state index in [0.717, 1.165) is 6.07 Å². The lowest BCUT2D eigenvalue weighted by atomic mass is 10.1. The van der Waals surface area contributed by atoms with Crippen LogP contribution >= 0.6 is 11.6 Å². The first-order chi connectivity index (χ1) is 9.88. The first-order valence-electron chi connectivity index (χ1n) is 5.99. The molecule has 0 heterocycles. The van der Waals surface area contributed by atoms with Crippen molar-refractivity contribution in [2.24, 2.45) is 0 Å². The highest BCUT2D eigenvalue weighted by atomic mass is 35.5. The first-order valence-corrected chi connectivity index (χ1v) is 6.36. The Morgan fingerprint density at radius 3 is 2.52 bits per heavy atom. The molecule has 2 aromatic rings. The number of rotatable bonds is 3. The number of anilines is 1. The van der Waals surface area contributed by atoms with Crippen LogP contribution in [0.3, 0.4) is 0 Å². The SMILES string of the molecule is Cc1ccc(F)cc1C(=O)Nc1cc(Cl)ccc1C(=O)O. The van der Waals surface area contributed by atoms with Gasteiger partial charge in [-0.3, -0.25) is 4.79 Å². The zero-order valence-electron chi connectivity index (χ0n) is 11.0. The summed E-state index contributed by atoms with van der Waals surface area (Å²) >= 11 is 5.80. The molecule has 0 atom stereocenters. The fraction of sp³-hybridized carbons (Fsp3) is 0.0667. The van der Waals surface area contributed by atoms with Gasteiger partial charge >= 0.3 is 5.97 Å². The number of carbonyl (C=O) groups excluding carboxylic acids is 1. The molecule has 0 unspecified atom stereocenters. The van der Waals surface area contributed by atoms with Gasteiger partial charge in [-0.2, -0.15) is 0 Å². The van der Waals surface area contributed by atoms with Crippen LogP contribution in [0, 0.1) is 12.7 Å². The molecule has 2 aromatic carbocycles. The van der Waals surface area contributed by atoms with Gasteiger partial charge < -0.3 is 10.4 Å². The standard InChI is InChI=1S/C15H11ClFNO3/c1-8-2-4-10(17)7-12(8)14(19)18-13-6-9(16)3-5-11(13)15(20)21/h2-7H,1H3,(H,18,19)(H,20,21). The molecule has 0 aromatic heterocycles. The van der Waals surface area contributed by atoms with E-state index in [2.05, 4.69) is 5.32 Å². The van der Waals surface area contributed by atoms with Crippen molar-refractivity contribution in [3.8, 4) is 0 Å². The molecule has 0 aliphatic carbocycles. The minimum Gasteiger partial charge on any atom is -0.478 e. The van der Waals surface area contributed by atoms with Gasteiger partial charge in [0, 0.05) is 10.6 Å². The Kier molecular flexibility index (Phi) is 4.23. The maximum atomic E-state index is 13.2. The average molecular weight is 308 g/mol. The molecule has 1 amide bonds. The number of hydrogen-bond acceptors (Lipinski definition) is 2. The summed E-state index contributed by atoms with van der Waals surface area (Å²) < 4.78 is 13.2. The predicted octanol–water partition coefficient (Wildman–Crippen LogP) is 3.74. The summed E-state index contributed by atoms with van der Waals surface area (Å²) in [6.45, 7) is 1.66. The average Bonchev–Trinajstić information content (AvgIpc) is 2.41. The number of carboxylic acids is 1. The molecule has 2 N–H and O–H groups in total. The van der Waals surface area contributed by atoms with Gasteiger partial charge in [-0.05, 0) is 42.8 Å². The van der Waals surface area contributed by atoms with Crippen LogP contribution in [0.25, 0.3) is 0 Å². The van der Waals surface area contributed by atoms with Crippen LogP contribution < -0.4 is 5.32 Å². The Morgan fingerprint density at radius 2 is 1.86 bits per heavy atom. The Labute approximate surface area is 125 Å². The van der Waals surface area contributed by atoms with E-state index in [9.17, 15) is 14.0 Å². The van der Waals surface area contributed by atoms with Gasteiger partial charge in [-0.1, -0.05) is 17.7 Å². The Morgan fingerprint density at radius 1 is 1.14 bits per heavy atom. The minimum atomic E-state index is -1.20. The Balaban J connectivity index is 2.38. The number of amides is 1. The van der Waals surface area contributed by atoms with Crippen LogP contribution in [0.4, 0.5) is 10.1 Å². The van der Waals surface area contributed by atoms with E-state index in [1.807, 2.05) is 0 Å². The highest BCUT2D eigenvalue weighted by Gasteiger charge is 2.15. The smallest absolute Gasteiger partial charge is 0.337 e. The molecule has 0 spiro atoms. The van der Waals surface area contributed by atoms with E-state index < -0.39 is 17.7 Å². The lowest BCUT2D eigenvalue weighted by Gasteiger charge is -2.10. The van der Waals surface area contributed by atoms with Crippen molar-refractivity contribution < 1.29 is 19.1 Å². The van der Waals surface area contributed by atoms with Crippen molar-refractivity contribution in [2.75, 3.05) is 5.32 Å². The molecule has 0 fully saturated rings. The van der Waals surface area contributed by atoms with Crippen molar-refractivity contribution in [2.45, 2.75) is 6.92 Å². The van der Waals surface area contributed by atoms with Crippen LogP contribution in [0.1, 0.15) is 26.3 Å². The van der Waals surface area contributed by atoms with Crippen molar-refractivity contribution in [1.82, 2.24) is 0 Å². The number of hydrogen-bond donors (Lipinski definition) is 2. The number of aryl methyl sites for hydroxylation is 1. The molecular weight excluding hydrogens is 297 g/mol. The van der Waals surface area contributed by atoms with Crippen LogP contribution in [0.2, 0.25) is 5.02 Å². The normalized spacial score (nSPS) is 10.2. The molecule has 0 aliphatic heterocycles. The molecule has 4 nitrogen and oxygen atoms in total. The van der Waals surface area contributed by atoms with Crippen molar-refractivity contribution in [1.29, 1.82) is 0 Å². The molecule has 108 valence electrons. The molecule has 21 heavy (non-hydrogen) atoms. The number of carbonyl (C=O) groups is 2. The summed E-state index contributed by atoms with van der Waals surface area (Å²) in [6.07, 6.45) is 0. The minimum absolute atomic E-state index is 0.0589. The molecule has 6 heteroatoms. The molecule has 0 aliphatic rings. The van der Waals surface area contributed by atoms with E-state index in [1.54, 1.807) is 6.92 Å². The summed E-state index contributed by atoms with van der Waals surface area (Å²) in [7, 11) is 0. The van der Waals surface area contributed by atoms with Gasteiger partial charge in [0.2, 0.25) is 0 Å². The molecular formula is C15H11ClFNO3. The third kappa shape index (κ3) is 3.38. The van der Waals surface area contributed by atoms with Gasteiger partial charge in [0.1, 0.15) is 5.82 Å². The lowest BCUT2D eigenvalue weighted by molar-refractivity contribution is 0.0698. The highest BCUT2D eigenvalue weighted by Crippen LogP contribution is 2.22. The molecule has 0 saturated heterocycles. The summed E-state index contributed by atoms with van der Waals surface area (Å²) in [6, 6.07) is 7.84. The summed E-state index contributed by atoms with van der Waals surface area (Å²) in [5.41, 5.74) is 0.671. The summed E-state index contributed by atoms with van der Waals surface area (Å²) in [5.74, 6) is -2.34. The van der Waals surface area contributed by atoms with E-state index in [1.165, 1.54) is 30.3 Å². The van der Waals surface area contributed by atoms with Gasteiger partial charge in [0.25, 0.3) is 5.91 Å². The number of aromatic carboxylic acids is 1. The van der Waals surface area contributed by atoms with E-state index in [0.29, 0.717) is 5.56 Å². The third-order valence-electron chi connectivity index (χ3n) is 2.90. The quantitative estimate of drug-likeness (QED) is 0.907. The van der Waals surface area contributed by atoms with Gasteiger partial charge in [-0.25, -0.2) is 9.18 Å². The van der Waals surface area contributed by atoms with Crippen LogP contribution in [0.5, 0.6) is 0 Å². The number of carboxylic acid groups (broad SMARTS) is 1. The van der Waals surface area contributed by atoms with Gasteiger partial charge in [0.15, 0.2) is 0 Å². The second-order valence-corrected chi connectivity index (χ2v) is 4.84. The number of halogens is 2. The first kappa shape index (κ1) is 15.0. The van der Waals surface area contributed by atoms with Gasteiger partial charge in [0.05, 0.1) is 11.3 Å². The number of nitrogens with one attached hydrogen (secondary N) is 1. The maximum Gasteiger partial charge on any atom is 0.337 e. The maximum absolute atomic E-state index is 13.2. The lowest BCUT2D eigenvalue weighted by Crippen LogP contribution is -2.16. The molecule has 0 radical (unpaired) electrons. The predicted molar refractivity (Wildman–Crippen MR) is 77.5 cm³/mol. The second kappa shape index (κ2) is 5.93. The van der Waals surface area contributed by atoms with E-state index in [4.69, 9.17) is 16.7 Å². The van der Waals surface area contributed by atoms with E-state index in [-0.39, 0.29) is 21.8 Å². The van der Waals surface area contributed by atoms with Crippen molar-refractivity contribution >= 4 is 29.2 Å². The van der Waals surface area contributed by atoms with Crippen molar-refractivity contribution in [3.63, 3.8) is 0 Å². The summed E-state index contributed by atoms with van der Waals surface area (Å²) in [4.78, 5) is 23.3.